The first kappa shape index (κ1) is 15.3. The smallest absolute Gasteiger partial charge is 0.102 e. The van der Waals surface area contributed by atoms with E-state index in [4.69, 9.17) is 9.98 Å². The second-order valence-corrected chi connectivity index (χ2v) is 7.92. The molecule has 124 valence electrons. The number of hydrogen-bond donors (Lipinski definition) is 0. The molecule has 0 spiro atoms. The zero-order valence-corrected chi connectivity index (χ0v) is 15.5. The molecule has 2 nitrogen and oxygen atoms in total. The van der Waals surface area contributed by atoms with Gasteiger partial charge in [0.15, 0.2) is 0 Å². The lowest BCUT2D eigenvalue weighted by Crippen LogP contribution is -2.34. The number of benzene rings is 1. The van der Waals surface area contributed by atoms with Gasteiger partial charge in [-0.15, -0.1) is 0 Å². The molecule has 0 saturated carbocycles. The molecule has 0 bridgehead atoms. The van der Waals surface area contributed by atoms with Gasteiger partial charge in [-0.05, 0) is 53.3 Å². The van der Waals surface area contributed by atoms with Gasteiger partial charge in [0.2, 0.25) is 0 Å². The third-order valence-electron chi connectivity index (χ3n) is 5.53. The van der Waals surface area contributed by atoms with Crippen LogP contribution in [0.15, 0.2) is 69.8 Å². The van der Waals surface area contributed by atoms with Gasteiger partial charge in [-0.1, -0.05) is 58.4 Å². The van der Waals surface area contributed by atoms with Crippen LogP contribution < -0.4 is 10.4 Å². The number of dihydropyridines is 1. The largest absolute Gasteiger partial charge is 0.283 e. The van der Waals surface area contributed by atoms with Crippen LogP contribution in [0, 0.1) is 5.92 Å². The van der Waals surface area contributed by atoms with Crippen molar-refractivity contribution in [1.29, 1.82) is 0 Å². The van der Waals surface area contributed by atoms with E-state index in [9.17, 15) is 0 Å². The molecular weight excluding hydrogens is 372 g/mol. The van der Waals surface area contributed by atoms with E-state index in [1.54, 1.807) is 0 Å². The van der Waals surface area contributed by atoms with Gasteiger partial charge in [0.25, 0.3) is 0 Å². The van der Waals surface area contributed by atoms with Gasteiger partial charge in [-0.2, -0.15) is 0 Å². The fourth-order valence-corrected chi connectivity index (χ4v) is 4.80. The molecule has 0 fully saturated rings. The van der Waals surface area contributed by atoms with Gasteiger partial charge in [-0.3, -0.25) is 9.98 Å². The Kier molecular flexibility index (Phi) is 3.70. The fraction of sp³-hybridized carbons (Fsp3) is 0.273. The summed E-state index contributed by atoms with van der Waals surface area (Å²) in [6.45, 7) is 0. The zero-order valence-electron chi connectivity index (χ0n) is 14.0. The van der Waals surface area contributed by atoms with Crippen molar-refractivity contribution in [2.45, 2.75) is 31.7 Å². The number of fused-ring (bicyclic) bond motifs is 3. The van der Waals surface area contributed by atoms with Crippen LogP contribution in [0.4, 0.5) is 0 Å². The van der Waals surface area contributed by atoms with Gasteiger partial charge < -0.3 is 0 Å². The first-order chi connectivity index (χ1) is 12.3. The Morgan fingerprint density at radius 2 is 1.84 bits per heavy atom. The normalized spacial score (nSPS) is 27.0. The first-order valence-corrected chi connectivity index (χ1v) is 9.76. The van der Waals surface area contributed by atoms with Gasteiger partial charge in [0.05, 0.1) is 5.70 Å². The van der Waals surface area contributed by atoms with Crippen LogP contribution in [0.5, 0.6) is 0 Å². The molecule has 0 N–H and O–H groups in total. The molecule has 2 unspecified atom stereocenters. The highest BCUT2D eigenvalue weighted by Gasteiger charge is 2.30. The van der Waals surface area contributed by atoms with Crippen molar-refractivity contribution in [2.24, 2.45) is 15.9 Å². The number of aliphatic imine (C=N–C) groups is 2. The van der Waals surface area contributed by atoms with E-state index in [0.717, 1.165) is 25.7 Å². The van der Waals surface area contributed by atoms with Crippen LogP contribution in [0.1, 0.15) is 25.7 Å². The van der Waals surface area contributed by atoms with E-state index >= 15 is 0 Å². The lowest BCUT2D eigenvalue weighted by Gasteiger charge is -2.30. The molecule has 25 heavy (non-hydrogen) atoms. The van der Waals surface area contributed by atoms with Crippen molar-refractivity contribution < 1.29 is 0 Å². The van der Waals surface area contributed by atoms with E-state index < -0.39 is 0 Å². The highest BCUT2D eigenvalue weighted by atomic mass is 79.9. The maximum absolute atomic E-state index is 5.17. The predicted molar refractivity (Wildman–Crippen MR) is 108 cm³/mol. The van der Waals surface area contributed by atoms with Crippen molar-refractivity contribution in [3.63, 3.8) is 0 Å². The number of rotatable bonds is 1. The monoisotopic (exact) mass is 390 g/mol. The van der Waals surface area contributed by atoms with Gasteiger partial charge in [0.1, 0.15) is 6.04 Å². The molecule has 0 radical (unpaired) electrons. The molecule has 0 amide bonds. The standard InChI is InChI=1S/C22H19BrN2/c23-19-11-10-18(16-5-1-2-6-17(16)19)20-12-9-15-8-7-14-4-3-13-24-21(14)22(15)25-20/h1-8,13-14,21H,9-12H2. The molecule has 2 atom stereocenters. The second kappa shape index (κ2) is 6.06. The molecule has 0 aromatic heterocycles. The topological polar surface area (TPSA) is 24.7 Å². The Morgan fingerprint density at radius 1 is 0.960 bits per heavy atom. The summed E-state index contributed by atoms with van der Waals surface area (Å²) < 4.78 is 1.31. The summed E-state index contributed by atoms with van der Waals surface area (Å²) in [5.74, 6) is 0.359. The van der Waals surface area contributed by atoms with Gasteiger partial charge in [-0.25, -0.2) is 0 Å². The van der Waals surface area contributed by atoms with Gasteiger partial charge in [0, 0.05) is 22.3 Å². The van der Waals surface area contributed by atoms with Crippen LogP contribution in [-0.4, -0.2) is 18.0 Å². The van der Waals surface area contributed by atoms with Crippen LogP contribution >= 0.6 is 15.9 Å². The maximum atomic E-state index is 5.17. The molecule has 5 rings (SSSR count). The summed E-state index contributed by atoms with van der Waals surface area (Å²) in [5, 5.41) is 2.67. The van der Waals surface area contributed by atoms with Crippen molar-refractivity contribution in [3.8, 4) is 0 Å². The minimum atomic E-state index is 0.165. The van der Waals surface area contributed by atoms with Crippen molar-refractivity contribution in [1.82, 2.24) is 0 Å². The summed E-state index contributed by atoms with van der Waals surface area (Å²) in [5.41, 5.74) is 5.25. The number of allylic oxidation sites excluding steroid dienone is 3. The molecule has 3 heteroatoms. The highest BCUT2D eigenvalue weighted by Crippen LogP contribution is 2.36. The van der Waals surface area contributed by atoms with E-state index in [1.807, 2.05) is 12.3 Å². The van der Waals surface area contributed by atoms with Crippen LogP contribution in [0.3, 0.4) is 0 Å². The maximum Gasteiger partial charge on any atom is 0.102 e. The summed E-state index contributed by atoms with van der Waals surface area (Å²) in [6.07, 6.45) is 15.0. The number of hydrogen-bond acceptors (Lipinski definition) is 2. The third-order valence-corrected chi connectivity index (χ3v) is 6.36. The molecule has 2 aliphatic heterocycles. The summed E-state index contributed by atoms with van der Waals surface area (Å²) in [6, 6.07) is 8.86. The van der Waals surface area contributed by atoms with Crippen molar-refractivity contribution in [3.05, 3.63) is 70.3 Å². The highest BCUT2D eigenvalue weighted by molar-refractivity contribution is 9.14. The average Bonchev–Trinajstić information content (AvgIpc) is 2.68. The van der Waals surface area contributed by atoms with E-state index in [1.165, 1.54) is 37.5 Å². The lowest BCUT2D eigenvalue weighted by molar-refractivity contribution is 0.626. The van der Waals surface area contributed by atoms with Crippen molar-refractivity contribution >= 4 is 37.9 Å². The second-order valence-electron chi connectivity index (χ2n) is 6.96. The Labute approximate surface area is 155 Å². The summed E-state index contributed by atoms with van der Waals surface area (Å²) in [7, 11) is 0. The Morgan fingerprint density at radius 3 is 2.76 bits per heavy atom. The zero-order chi connectivity index (χ0) is 16.8. The van der Waals surface area contributed by atoms with Crippen molar-refractivity contribution in [2.75, 3.05) is 0 Å². The fourth-order valence-electron chi connectivity index (χ4n) is 4.26. The predicted octanol–water partition coefficient (Wildman–Crippen LogP) is 3.82. The molecule has 1 aromatic carbocycles. The molecule has 0 saturated heterocycles. The Balaban J connectivity index is 1.66. The Bertz CT molecular complexity index is 1020. The van der Waals surface area contributed by atoms with E-state index in [0.29, 0.717) is 5.92 Å². The molecule has 4 aliphatic rings. The van der Waals surface area contributed by atoms with Crippen LogP contribution in [0.2, 0.25) is 0 Å². The summed E-state index contributed by atoms with van der Waals surface area (Å²) >= 11 is 3.76. The molecular formula is C22H19BrN2. The number of halogens is 1. The quantitative estimate of drug-likeness (QED) is 0.696. The summed E-state index contributed by atoms with van der Waals surface area (Å²) in [4.78, 5) is 9.89. The minimum absolute atomic E-state index is 0.165. The van der Waals surface area contributed by atoms with E-state index in [2.05, 4.69) is 58.4 Å². The van der Waals surface area contributed by atoms with Crippen LogP contribution in [-0.2, 0) is 0 Å². The average molecular weight is 391 g/mol. The minimum Gasteiger partial charge on any atom is -0.283 e. The molecule has 1 aromatic rings. The van der Waals surface area contributed by atoms with Gasteiger partial charge >= 0.3 is 0 Å². The van der Waals surface area contributed by atoms with Crippen LogP contribution in [0.25, 0.3) is 10.1 Å². The van der Waals surface area contributed by atoms with E-state index in [-0.39, 0.29) is 6.04 Å². The number of nitrogens with zero attached hydrogens (tertiary/aromatic N) is 2. The lowest BCUT2D eigenvalue weighted by atomic mass is 9.83. The third kappa shape index (κ3) is 2.53. The molecule has 2 aliphatic carbocycles. The Hall–Kier alpha value is -2.00. The SMILES string of the molecule is BrC1=c2ccccc2=C(C2=NC3=C(C=CC4C=CC=NC34)CC2)CC1. The first-order valence-electron chi connectivity index (χ1n) is 8.97. The molecule has 2 heterocycles.